The molecule has 0 aliphatic carbocycles. The lowest BCUT2D eigenvalue weighted by atomic mass is 9.80. The third-order valence-corrected chi connectivity index (χ3v) is 14.0. The van der Waals surface area contributed by atoms with Crippen molar-refractivity contribution in [2.24, 2.45) is 0 Å². The zero-order chi connectivity index (χ0) is 47.7. The SMILES string of the molecule is CC(C)c1cccc(C(C)C)c1-c1cc(-c2cccc(-c3cc(-c4c(C(C)C)cccc4C(C)C)cc(-c4c(C(C)C)cccc4C(C)C)c3)c2)cc(-c2c(C(C)C)cccc2C(C)C)c1. The maximum absolute atomic E-state index is 2.51. The topological polar surface area (TPSA) is 0 Å². The number of hydrogen-bond acceptors (Lipinski definition) is 0. The van der Waals surface area contributed by atoms with Crippen LogP contribution in [0.3, 0.4) is 0 Å². The molecule has 7 aromatic carbocycles. The Kier molecular flexibility index (Phi) is 14.8. The smallest absolute Gasteiger partial charge is 0.0114 e. The molecular weight excluding hydrogens is 793 g/mol. The van der Waals surface area contributed by atoms with Gasteiger partial charge < -0.3 is 0 Å². The Balaban J connectivity index is 1.56. The van der Waals surface area contributed by atoms with Gasteiger partial charge in [0.25, 0.3) is 0 Å². The lowest BCUT2D eigenvalue weighted by molar-refractivity contribution is 0.836. The average Bonchev–Trinajstić information content (AvgIpc) is 3.29. The molecule has 7 rings (SSSR count). The van der Waals surface area contributed by atoms with Crippen molar-refractivity contribution in [1.29, 1.82) is 0 Å². The van der Waals surface area contributed by atoms with E-state index in [-0.39, 0.29) is 0 Å². The summed E-state index contributed by atoms with van der Waals surface area (Å²) in [5.74, 6) is 3.10. The van der Waals surface area contributed by atoms with Crippen molar-refractivity contribution in [2.45, 2.75) is 158 Å². The van der Waals surface area contributed by atoms with E-state index in [4.69, 9.17) is 0 Å². The minimum absolute atomic E-state index is 0.388. The van der Waals surface area contributed by atoms with Gasteiger partial charge >= 0.3 is 0 Å². The van der Waals surface area contributed by atoms with Gasteiger partial charge in [-0.15, -0.1) is 0 Å². The van der Waals surface area contributed by atoms with Gasteiger partial charge in [-0.25, -0.2) is 0 Å². The molecule has 0 aliphatic heterocycles. The normalized spacial score (nSPS) is 12.1. The van der Waals surface area contributed by atoms with Crippen LogP contribution in [0.4, 0.5) is 0 Å². The summed E-state index contributed by atoms with van der Waals surface area (Å²) >= 11 is 0. The molecule has 0 spiro atoms. The summed E-state index contributed by atoms with van der Waals surface area (Å²) in [6.45, 7) is 37.5. The molecule has 66 heavy (non-hydrogen) atoms. The summed E-state index contributed by atoms with van der Waals surface area (Å²) in [7, 11) is 0. The standard InChI is InChI=1S/C66H78/c1-39(2)55-24-18-25-56(40(3)4)63(55)51-33-49(34-52(37-51)64-57(41(5)6)26-19-27-58(64)42(7)8)47-22-17-23-48(32-47)50-35-53(65-59(43(9)10)28-20-29-60(65)44(11)12)38-54(36-50)66-61(45(13)14)30-21-31-62(66)46(15)16/h17-46H,1-16H3. The highest BCUT2D eigenvalue weighted by molar-refractivity contribution is 5.89. The Morgan fingerprint density at radius 2 is 0.333 bits per heavy atom. The summed E-state index contributed by atoms with van der Waals surface area (Å²) in [6, 6.07) is 52.3. The summed E-state index contributed by atoms with van der Waals surface area (Å²) in [5, 5.41) is 0. The first-order chi connectivity index (χ1) is 31.4. The van der Waals surface area contributed by atoms with E-state index in [1.807, 2.05) is 0 Å². The van der Waals surface area contributed by atoms with Gasteiger partial charge in [0.2, 0.25) is 0 Å². The fraction of sp³-hybridized carbons (Fsp3) is 0.364. The van der Waals surface area contributed by atoms with E-state index in [0.717, 1.165) is 0 Å². The molecule has 0 fully saturated rings. The molecule has 0 bridgehead atoms. The summed E-state index contributed by atoms with van der Waals surface area (Å²) in [4.78, 5) is 0. The lowest BCUT2D eigenvalue weighted by Gasteiger charge is -2.24. The van der Waals surface area contributed by atoms with Crippen LogP contribution < -0.4 is 0 Å². The fourth-order valence-corrected chi connectivity index (χ4v) is 10.6. The van der Waals surface area contributed by atoms with E-state index in [1.165, 1.54) is 111 Å². The number of hydrogen-bond donors (Lipinski definition) is 0. The predicted octanol–water partition coefficient (Wildman–Crippen LogP) is 20.7. The summed E-state index contributed by atoms with van der Waals surface area (Å²) in [6.07, 6.45) is 0. The highest BCUT2D eigenvalue weighted by Crippen LogP contribution is 2.46. The third-order valence-electron chi connectivity index (χ3n) is 14.0. The second kappa shape index (κ2) is 20.2. The molecule has 0 N–H and O–H groups in total. The first-order valence-corrected chi connectivity index (χ1v) is 25.3. The minimum atomic E-state index is 0.388. The van der Waals surface area contributed by atoms with Gasteiger partial charge in [-0.3, -0.25) is 0 Å². The van der Waals surface area contributed by atoms with Crippen LogP contribution in [0.5, 0.6) is 0 Å². The summed E-state index contributed by atoms with van der Waals surface area (Å²) < 4.78 is 0. The van der Waals surface area contributed by atoms with Crippen LogP contribution in [0, 0.1) is 0 Å². The lowest BCUT2D eigenvalue weighted by Crippen LogP contribution is -2.02. The Bertz CT molecular complexity index is 2360. The highest BCUT2D eigenvalue weighted by Gasteiger charge is 2.24. The maximum atomic E-state index is 2.51. The van der Waals surface area contributed by atoms with Crippen molar-refractivity contribution >= 4 is 0 Å². The molecule has 0 unspecified atom stereocenters. The van der Waals surface area contributed by atoms with Gasteiger partial charge in [0.05, 0.1) is 0 Å². The highest BCUT2D eigenvalue weighted by atomic mass is 14.3. The maximum Gasteiger partial charge on any atom is -0.0114 e. The molecule has 0 aromatic heterocycles. The van der Waals surface area contributed by atoms with E-state index in [1.54, 1.807) is 0 Å². The zero-order valence-electron chi connectivity index (χ0n) is 43.3. The fourth-order valence-electron chi connectivity index (χ4n) is 10.6. The van der Waals surface area contributed by atoms with E-state index in [0.29, 0.717) is 47.3 Å². The van der Waals surface area contributed by atoms with Crippen molar-refractivity contribution in [3.05, 3.63) is 178 Å². The molecule has 0 heteroatoms. The van der Waals surface area contributed by atoms with Gasteiger partial charge in [-0.1, -0.05) is 202 Å². The monoisotopic (exact) mass is 871 g/mol. The first kappa shape index (κ1) is 48.5. The van der Waals surface area contributed by atoms with Crippen molar-refractivity contribution in [2.75, 3.05) is 0 Å². The number of benzene rings is 7. The van der Waals surface area contributed by atoms with Crippen molar-refractivity contribution in [3.63, 3.8) is 0 Å². The van der Waals surface area contributed by atoms with Crippen LogP contribution in [0.25, 0.3) is 66.8 Å². The Hall–Kier alpha value is -5.46. The van der Waals surface area contributed by atoms with Crippen LogP contribution in [-0.2, 0) is 0 Å². The van der Waals surface area contributed by atoms with E-state index in [2.05, 4.69) is 244 Å². The van der Waals surface area contributed by atoms with Crippen molar-refractivity contribution < 1.29 is 0 Å². The van der Waals surface area contributed by atoms with Gasteiger partial charge in [-0.05, 0) is 201 Å². The second-order valence-electron chi connectivity index (χ2n) is 21.7. The molecule has 0 aliphatic rings. The van der Waals surface area contributed by atoms with Gasteiger partial charge in [0, 0.05) is 0 Å². The van der Waals surface area contributed by atoms with Crippen LogP contribution in [0.2, 0.25) is 0 Å². The number of rotatable bonds is 14. The minimum Gasteiger partial charge on any atom is -0.0617 e. The Morgan fingerprint density at radius 1 is 0.182 bits per heavy atom. The Morgan fingerprint density at radius 3 is 0.515 bits per heavy atom. The van der Waals surface area contributed by atoms with Gasteiger partial charge in [-0.2, -0.15) is 0 Å². The Labute approximate surface area is 401 Å². The molecule has 0 heterocycles. The van der Waals surface area contributed by atoms with E-state index >= 15 is 0 Å². The van der Waals surface area contributed by atoms with Crippen LogP contribution in [0.1, 0.15) is 203 Å². The van der Waals surface area contributed by atoms with Crippen LogP contribution >= 0.6 is 0 Å². The van der Waals surface area contributed by atoms with Crippen molar-refractivity contribution in [1.82, 2.24) is 0 Å². The molecular formula is C66H78. The van der Waals surface area contributed by atoms with Crippen LogP contribution in [0.15, 0.2) is 133 Å². The van der Waals surface area contributed by atoms with Gasteiger partial charge in [0.15, 0.2) is 0 Å². The predicted molar refractivity (Wildman–Crippen MR) is 292 cm³/mol. The zero-order valence-corrected chi connectivity index (χ0v) is 43.3. The molecule has 7 aromatic rings. The quantitative estimate of drug-likeness (QED) is 0.102. The third kappa shape index (κ3) is 9.81. The largest absolute Gasteiger partial charge is 0.0617 e. The van der Waals surface area contributed by atoms with Crippen molar-refractivity contribution in [3.8, 4) is 66.8 Å². The molecule has 0 saturated carbocycles. The van der Waals surface area contributed by atoms with E-state index in [9.17, 15) is 0 Å². The molecule has 0 amide bonds. The van der Waals surface area contributed by atoms with Gasteiger partial charge in [0.1, 0.15) is 0 Å². The average molecular weight is 871 g/mol. The first-order valence-electron chi connectivity index (χ1n) is 25.3. The molecule has 0 saturated heterocycles. The van der Waals surface area contributed by atoms with E-state index < -0.39 is 0 Å². The molecule has 0 nitrogen and oxygen atoms in total. The molecule has 0 radical (unpaired) electrons. The summed E-state index contributed by atoms with van der Waals surface area (Å²) in [5.41, 5.74) is 27.0. The van der Waals surface area contributed by atoms with Crippen LogP contribution in [-0.4, -0.2) is 0 Å². The molecule has 0 atom stereocenters. The second-order valence-corrected chi connectivity index (χ2v) is 21.7. The molecule has 342 valence electrons.